The van der Waals surface area contributed by atoms with Crippen LogP contribution in [-0.2, 0) is 16.5 Å². The van der Waals surface area contributed by atoms with Gasteiger partial charge < -0.3 is 14.9 Å². The molecule has 8 heteroatoms. The Morgan fingerprint density at radius 2 is 1.39 bits per heavy atom. The molecule has 1 aromatic carbocycles. The van der Waals surface area contributed by atoms with Gasteiger partial charge in [0.15, 0.2) is 0 Å². The first-order valence-electron chi connectivity index (χ1n) is 9.81. The van der Waals surface area contributed by atoms with E-state index in [1.807, 2.05) is 12.1 Å². The molecule has 0 spiro atoms. The second kappa shape index (κ2) is 20.7. The minimum atomic E-state index is -3.89. The second-order valence-corrected chi connectivity index (χ2v) is 8.02. The molecule has 0 saturated heterocycles. The van der Waals surface area contributed by atoms with Crippen molar-refractivity contribution in [2.24, 2.45) is 0 Å². The molecule has 0 fully saturated rings. The van der Waals surface area contributed by atoms with Gasteiger partial charge in [-0.05, 0) is 37.0 Å². The van der Waals surface area contributed by atoms with E-state index in [4.69, 9.17) is 19.5 Å². The van der Waals surface area contributed by atoms with Gasteiger partial charge in [-0.25, -0.2) is 0 Å². The molecule has 1 rings (SSSR count). The van der Waals surface area contributed by atoms with Crippen molar-refractivity contribution in [2.45, 2.75) is 64.7 Å². The zero-order chi connectivity index (χ0) is 20.4. The van der Waals surface area contributed by atoms with Crippen LogP contribution in [0.15, 0.2) is 24.3 Å². The number of rotatable bonds is 14. The number of aliphatic hydroxyl groups excluding tert-OH is 2. The summed E-state index contributed by atoms with van der Waals surface area (Å²) in [5.74, 6) is 0.479. The van der Waals surface area contributed by atoms with Crippen LogP contribution in [-0.4, -0.2) is 100 Å². The third-order valence-electron chi connectivity index (χ3n) is 3.91. The van der Waals surface area contributed by atoms with Crippen molar-refractivity contribution in [3.8, 4) is 5.75 Å². The molecule has 0 atom stereocenters. The fraction of sp³-hybridized carbons (Fsp3) is 0.700. The van der Waals surface area contributed by atoms with Gasteiger partial charge in [-0.2, -0.15) is 8.42 Å². The molecule has 0 aliphatic heterocycles. The average Bonchev–Trinajstić information content (AvgIpc) is 2.65. The number of aliphatic hydroxyl groups is 2. The maximum absolute atomic E-state index is 10.6. The molecule has 6 nitrogen and oxygen atoms in total. The van der Waals surface area contributed by atoms with E-state index in [1.54, 1.807) is 0 Å². The number of hydrogen-bond acceptors (Lipinski definition) is 5. The normalized spacial score (nSPS) is 10.6. The Hall–Kier alpha value is 0.486. The van der Waals surface area contributed by atoms with Crippen LogP contribution in [0.25, 0.3) is 0 Å². The van der Waals surface area contributed by atoms with Crippen molar-refractivity contribution in [1.82, 2.24) is 0 Å². The van der Waals surface area contributed by atoms with E-state index >= 15 is 0 Å². The Bertz CT molecular complexity index is 546. The van der Waals surface area contributed by atoms with E-state index in [9.17, 15) is 8.42 Å². The van der Waals surface area contributed by atoms with Crippen molar-refractivity contribution in [3.63, 3.8) is 0 Å². The summed E-state index contributed by atoms with van der Waals surface area (Å²) >= 11 is 0. The number of benzene rings is 1. The van der Waals surface area contributed by atoms with E-state index in [0.29, 0.717) is 6.42 Å². The van der Waals surface area contributed by atoms with E-state index in [2.05, 4.69) is 19.1 Å². The van der Waals surface area contributed by atoms with E-state index in [1.165, 1.54) is 50.5 Å². The Morgan fingerprint density at radius 1 is 0.857 bits per heavy atom. The molecule has 0 bridgehead atoms. The van der Waals surface area contributed by atoms with Crippen molar-refractivity contribution in [2.75, 3.05) is 25.6 Å². The fourth-order valence-electron chi connectivity index (χ4n) is 2.47. The molecule has 0 unspecified atom stereocenters. The topological polar surface area (TPSA) is 104 Å². The van der Waals surface area contributed by atoms with Crippen molar-refractivity contribution in [1.29, 1.82) is 0 Å². The molecule has 0 amide bonds. The first-order valence-corrected chi connectivity index (χ1v) is 11.4. The van der Waals surface area contributed by atoms with Gasteiger partial charge in [-0.3, -0.25) is 4.55 Å². The Labute approximate surface area is 213 Å². The molecule has 1 aromatic rings. The second-order valence-electron chi connectivity index (χ2n) is 6.45. The number of hydrogen-bond donors (Lipinski definition) is 3. The number of ether oxygens (including phenoxy) is 1. The molecule has 0 aromatic heterocycles. The summed E-state index contributed by atoms with van der Waals surface area (Å²) in [5.41, 5.74) is 1.31. The molecule has 0 heterocycles. The Kier molecular flexibility index (Phi) is 22.7. The van der Waals surface area contributed by atoms with Crippen LogP contribution >= 0.6 is 0 Å². The zero-order valence-electron chi connectivity index (χ0n) is 16.5. The molecular weight excluding hydrogens is 407 g/mol. The van der Waals surface area contributed by atoms with Gasteiger partial charge in [-0.15, -0.1) is 0 Å². The summed E-state index contributed by atoms with van der Waals surface area (Å²) in [6.45, 7) is 2.28. The summed E-state index contributed by atoms with van der Waals surface area (Å²) in [4.78, 5) is 0. The van der Waals surface area contributed by atoms with Crippen LogP contribution in [0.3, 0.4) is 0 Å². The Morgan fingerprint density at radius 3 is 1.89 bits per heavy atom. The quantitative estimate of drug-likeness (QED) is 0.231. The molecular formula is C20H37KO6S. The zero-order valence-corrected chi connectivity index (χ0v) is 17.3. The first kappa shape index (κ1) is 30.7. The summed E-state index contributed by atoms with van der Waals surface area (Å²) < 4.78 is 35.3. The van der Waals surface area contributed by atoms with Crippen LogP contribution in [0.5, 0.6) is 5.75 Å². The van der Waals surface area contributed by atoms with E-state index in [0.717, 1.165) is 12.2 Å². The van der Waals surface area contributed by atoms with Crippen LogP contribution < -0.4 is 4.74 Å². The van der Waals surface area contributed by atoms with Gasteiger partial charge in [0, 0.05) is 0 Å². The molecule has 160 valence electrons. The standard InChI is InChI=1S/C18H30O4S.C2H6O2.K.H/c1-2-3-4-5-6-7-8-10-17-11-13-18(14-12-17)22-15-9-16-23(19,20)21;3-1-2-4;;/h11-14H,2-10,15-16H2,1H3,(H,19,20,21);3-4H,1-2H2;;. The summed E-state index contributed by atoms with van der Waals surface area (Å²) in [5, 5.41) is 15.2. The van der Waals surface area contributed by atoms with Crippen molar-refractivity contribution < 1.29 is 27.9 Å². The predicted molar refractivity (Wildman–Crippen MR) is 116 cm³/mol. The first-order chi connectivity index (χ1) is 12.9. The van der Waals surface area contributed by atoms with Crippen molar-refractivity contribution >= 4 is 61.5 Å². The molecule has 3 N–H and O–H groups in total. The molecule has 0 aliphatic carbocycles. The molecule has 0 aliphatic rings. The Balaban J connectivity index is 0. The number of aryl methyl sites for hydroxylation is 1. The van der Waals surface area contributed by atoms with Gasteiger partial charge in [-0.1, -0.05) is 57.6 Å². The monoisotopic (exact) mass is 444 g/mol. The summed E-state index contributed by atoms with van der Waals surface area (Å²) in [6.07, 6.45) is 10.6. The maximum atomic E-state index is 10.6. The summed E-state index contributed by atoms with van der Waals surface area (Å²) in [7, 11) is -3.89. The van der Waals surface area contributed by atoms with Gasteiger partial charge in [0.25, 0.3) is 10.1 Å². The van der Waals surface area contributed by atoms with Gasteiger partial charge in [0.2, 0.25) is 0 Å². The molecule has 28 heavy (non-hydrogen) atoms. The molecule has 0 saturated carbocycles. The SMILES string of the molecule is CCCCCCCCCc1ccc(OCCCS(=O)(=O)O)cc1.OCCO.[KH]. The molecule has 0 radical (unpaired) electrons. The van der Waals surface area contributed by atoms with Gasteiger partial charge in [0.1, 0.15) is 5.75 Å². The van der Waals surface area contributed by atoms with Crippen LogP contribution in [0.2, 0.25) is 0 Å². The van der Waals surface area contributed by atoms with Gasteiger partial charge >= 0.3 is 51.4 Å². The predicted octanol–water partition coefficient (Wildman–Crippen LogP) is 2.96. The van der Waals surface area contributed by atoms with Gasteiger partial charge in [0.05, 0.1) is 25.6 Å². The van der Waals surface area contributed by atoms with E-state index < -0.39 is 10.1 Å². The number of unbranched alkanes of at least 4 members (excludes halogenated alkanes) is 6. The third-order valence-corrected chi connectivity index (χ3v) is 4.71. The third kappa shape index (κ3) is 21.2. The van der Waals surface area contributed by atoms with Crippen LogP contribution in [0.4, 0.5) is 0 Å². The van der Waals surface area contributed by atoms with Crippen LogP contribution in [0.1, 0.15) is 63.9 Å². The average molecular weight is 445 g/mol. The fourth-order valence-corrected chi connectivity index (χ4v) is 2.95. The summed E-state index contributed by atoms with van der Waals surface area (Å²) in [6, 6.07) is 7.97. The minimum absolute atomic E-state index is 0. The van der Waals surface area contributed by atoms with E-state index in [-0.39, 0.29) is 77.0 Å². The van der Waals surface area contributed by atoms with Crippen molar-refractivity contribution in [3.05, 3.63) is 29.8 Å². The van der Waals surface area contributed by atoms with Crippen LogP contribution in [0, 0.1) is 0 Å².